The lowest BCUT2D eigenvalue weighted by Crippen LogP contribution is -2.20. The Balaban J connectivity index is 1.31. The second kappa shape index (κ2) is 9.32. The molecule has 8 heteroatoms. The number of anilines is 1. The smallest absolute Gasteiger partial charge is 0.287 e. The van der Waals surface area contributed by atoms with Crippen LogP contribution in [0.25, 0.3) is 5.65 Å². The molecule has 0 aliphatic rings. The molecule has 2 heterocycles. The van der Waals surface area contributed by atoms with Gasteiger partial charge in [-0.15, -0.1) is 16.3 Å². The number of benzene rings is 2. The van der Waals surface area contributed by atoms with Crippen LogP contribution in [-0.2, 0) is 10.5 Å². The molecule has 7 nitrogen and oxygen atoms in total. The van der Waals surface area contributed by atoms with Gasteiger partial charge in [-0.2, -0.15) is 0 Å². The van der Waals surface area contributed by atoms with Gasteiger partial charge in [0.15, 0.2) is 12.3 Å². The molecule has 2 aromatic heterocycles. The fourth-order valence-electron chi connectivity index (χ4n) is 3.24. The van der Waals surface area contributed by atoms with Gasteiger partial charge >= 0.3 is 0 Å². The predicted molar refractivity (Wildman–Crippen MR) is 125 cm³/mol. The minimum absolute atomic E-state index is 0.0580. The summed E-state index contributed by atoms with van der Waals surface area (Å²) in [6.07, 6.45) is 0. The molecule has 0 spiro atoms. The molecule has 4 rings (SSSR count). The van der Waals surface area contributed by atoms with Crippen molar-refractivity contribution in [2.24, 2.45) is 0 Å². The Morgan fingerprint density at radius 3 is 2.62 bits per heavy atom. The molecule has 2 aromatic carbocycles. The lowest BCUT2D eigenvalue weighted by Gasteiger charge is -2.10. The van der Waals surface area contributed by atoms with Crippen LogP contribution in [0.15, 0.2) is 68.8 Å². The van der Waals surface area contributed by atoms with Gasteiger partial charge in [-0.3, -0.25) is 9.59 Å². The van der Waals surface area contributed by atoms with Crippen molar-refractivity contribution in [3.05, 3.63) is 87.5 Å². The summed E-state index contributed by atoms with van der Waals surface area (Å²) in [5.41, 5.74) is 3.79. The summed E-state index contributed by atoms with van der Waals surface area (Å²) < 4.78 is 12.1. The molecule has 0 bridgehead atoms. The van der Waals surface area contributed by atoms with Gasteiger partial charge in [0.25, 0.3) is 11.5 Å². The van der Waals surface area contributed by atoms with Crippen LogP contribution in [0.5, 0.6) is 5.75 Å². The van der Waals surface area contributed by atoms with E-state index >= 15 is 0 Å². The number of amides is 1. The summed E-state index contributed by atoms with van der Waals surface area (Å²) in [6.45, 7) is 5.69. The first kappa shape index (κ1) is 21.7. The van der Waals surface area contributed by atoms with E-state index in [1.165, 1.54) is 10.6 Å². The number of hydrogen-bond acceptors (Lipinski definition) is 6. The van der Waals surface area contributed by atoms with Gasteiger partial charge in [-0.05, 0) is 56.7 Å². The fourth-order valence-corrected chi connectivity index (χ4v) is 4.03. The molecule has 0 unspecified atom stereocenters. The lowest BCUT2D eigenvalue weighted by atomic mass is 10.1. The molecule has 0 saturated carbocycles. The van der Waals surface area contributed by atoms with E-state index in [-0.39, 0.29) is 18.1 Å². The molecular formula is C24H23N3O4S. The van der Waals surface area contributed by atoms with Crippen LogP contribution >= 0.6 is 11.8 Å². The van der Waals surface area contributed by atoms with E-state index in [0.29, 0.717) is 34.3 Å². The highest BCUT2D eigenvalue weighted by atomic mass is 32.2. The Hall–Kier alpha value is -3.52. The normalized spacial score (nSPS) is 11.0. The second-order valence-electron chi connectivity index (χ2n) is 7.50. The first-order chi connectivity index (χ1) is 15.4. The number of fused-ring (bicyclic) bond motifs is 1. The number of aryl methyl sites for hydroxylation is 3. The largest absolute Gasteiger partial charge is 0.483 e. The van der Waals surface area contributed by atoms with E-state index in [9.17, 15) is 9.59 Å². The highest BCUT2D eigenvalue weighted by Crippen LogP contribution is 2.24. The first-order valence-corrected chi connectivity index (χ1v) is 11.1. The molecule has 1 N–H and O–H groups in total. The number of nitrogens with one attached hydrogen (secondary N) is 1. The molecule has 0 aliphatic carbocycles. The second-order valence-corrected chi connectivity index (χ2v) is 8.55. The van der Waals surface area contributed by atoms with Gasteiger partial charge in [-0.1, -0.05) is 17.7 Å². The van der Waals surface area contributed by atoms with E-state index in [4.69, 9.17) is 9.26 Å². The van der Waals surface area contributed by atoms with Crippen molar-refractivity contribution in [2.45, 2.75) is 31.4 Å². The summed E-state index contributed by atoms with van der Waals surface area (Å²) in [7, 11) is 0. The van der Waals surface area contributed by atoms with Crippen molar-refractivity contribution in [3.63, 3.8) is 0 Å². The molecule has 1 amide bonds. The first-order valence-electron chi connectivity index (χ1n) is 10.1. The lowest BCUT2D eigenvalue weighted by molar-refractivity contribution is -0.118. The quantitative estimate of drug-likeness (QED) is 0.418. The van der Waals surface area contributed by atoms with Crippen LogP contribution in [0.2, 0.25) is 0 Å². The van der Waals surface area contributed by atoms with Crippen molar-refractivity contribution >= 4 is 29.0 Å². The van der Waals surface area contributed by atoms with Crippen molar-refractivity contribution in [3.8, 4) is 5.75 Å². The molecule has 0 fully saturated rings. The zero-order valence-corrected chi connectivity index (χ0v) is 18.9. The van der Waals surface area contributed by atoms with Crippen LogP contribution in [0.3, 0.4) is 0 Å². The molecule has 0 atom stereocenters. The zero-order chi connectivity index (χ0) is 22.7. The number of hydrogen-bond donors (Lipinski definition) is 1. The monoisotopic (exact) mass is 449 g/mol. The molecule has 164 valence electrons. The molecule has 4 aromatic rings. The number of carbonyl (C=O) groups excluding carboxylic acids is 1. The topological polar surface area (TPSA) is 85.8 Å². The summed E-state index contributed by atoms with van der Waals surface area (Å²) in [4.78, 5) is 29.8. The summed E-state index contributed by atoms with van der Waals surface area (Å²) in [5, 5.41) is 2.83. The third-order valence-corrected chi connectivity index (χ3v) is 5.78. The van der Waals surface area contributed by atoms with Gasteiger partial charge in [0, 0.05) is 28.5 Å². The van der Waals surface area contributed by atoms with Crippen molar-refractivity contribution in [1.29, 1.82) is 0 Å². The standard InChI is InChI=1S/C24H23N3O4S/c1-15-4-9-21(16(2)10-15)30-13-23(28)26-18-5-7-20(8-6-18)32-14-19-12-24(29)27-22(25-19)11-17(3)31-27/h4-12H,13-14H2,1-3H3,(H,26,28). The maximum Gasteiger partial charge on any atom is 0.287 e. The third-order valence-electron chi connectivity index (χ3n) is 4.74. The number of thioether (sulfide) groups is 1. The molecule has 0 radical (unpaired) electrons. The zero-order valence-electron chi connectivity index (χ0n) is 18.0. The Morgan fingerprint density at radius 2 is 1.88 bits per heavy atom. The summed E-state index contributed by atoms with van der Waals surface area (Å²) in [6, 6.07) is 16.6. The Kier molecular flexibility index (Phi) is 6.32. The van der Waals surface area contributed by atoms with Crippen LogP contribution in [0.4, 0.5) is 5.69 Å². The van der Waals surface area contributed by atoms with Crippen LogP contribution < -0.4 is 15.6 Å². The van der Waals surface area contributed by atoms with E-state index in [0.717, 1.165) is 16.0 Å². The van der Waals surface area contributed by atoms with Gasteiger partial charge in [0.1, 0.15) is 11.5 Å². The van der Waals surface area contributed by atoms with E-state index in [2.05, 4.69) is 10.3 Å². The maximum absolute atomic E-state index is 12.2. The minimum atomic E-state index is -0.236. The number of nitrogens with zero attached hydrogens (tertiary/aromatic N) is 2. The van der Waals surface area contributed by atoms with E-state index < -0.39 is 0 Å². The fraction of sp³-hybridized carbons (Fsp3) is 0.208. The summed E-state index contributed by atoms with van der Waals surface area (Å²) >= 11 is 1.56. The average molecular weight is 450 g/mol. The van der Waals surface area contributed by atoms with Crippen molar-refractivity contribution in [1.82, 2.24) is 9.56 Å². The highest BCUT2D eigenvalue weighted by molar-refractivity contribution is 7.98. The molecule has 0 saturated heterocycles. The van der Waals surface area contributed by atoms with Gasteiger partial charge in [0.05, 0.1) is 5.69 Å². The minimum Gasteiger partial charge on any atom is -0.483 e. The molecule has 0 aliphatic heterocycles. The highest BCUT2D eigenvalue weighted by Gasteiger charge is 2.08. The number of aromatic nitrogens is 2. The summed E-state index contributed by atoms with van der Waals surface area (Å²) in [5.74, 6) is 1.66. The third kappa shape index (κ3) is 5.20. The van der Waals surface area contributed by atoms with Gasteiger partial charge in [0.2, 0.25) is 0 Å². The average Bonchev–Trinajstić information content (AvgIpc) is 3.13. The Bertz CT molecular complexity index is 1330. The maximum atomic E-state index is 12.2. The number of carbonyl (C=O) groups is 1. The Labute approximate surface area is 189 Å². The van der Waals surface area contributed by atoms with Gasteiger partial charge in [-0.25, -0.2) is 4.98 Å². The van der Waals surface area contributed by atoms with Crippen LogP contribution in [0, 0.1) is 20.8 Å². The number of ether oxygens (including phenoxy) is 1. The predicted octanol–water partition coefficient (Wildman–Crippen LogP) is 4.52. The SMILES string of the molecule is Cc1ccc(OCC(=O)Nc2ccc(SCc3cc(=O)n4oc(C)cc4n3)cc2)c(C)c1. The van der Waals surface area contributed by atoms with Crippen molar-refractivity contribution < 1.29 is 14.1 Å². The number of rotatable bonds is 7. The van der Waals surface area contributed by atoms with Crippen LogP contribution in [0.1, 0.15) is 22.6 Å². The Morgan fingerprint density at radius 1 is 1.09 bits per heavy atom. The van der Waals surface area contributed by atoms with Gasteiger partial charge < -0.3 is 14.6 Å². The van der Waals surface area contributed by atoms with E-state index in [1.54, 1.807) is 24.8 Å². The van der Waals surface area contributed by atoms with E-state index in [1.807, 2.05) is 56.3 Å². The molecule has 32 heavy (non-hydrogen) atoms. The van der Waals surface area contributed by atoms with Crippen LogP contribution in [-0.4, -0.2) is 22.1 Å². The molecular weight excluding hydrogens is 426 g/mol. The van der Waals surface area contributed by atoms with Crippen molar-refractivity contribution in [2.75, 3.05) is 11.9 Å².